The zero-order valence-corrected chi connectivity index (χ0v) is 27.2. The summed E-state index contributed by atoms with van der Waals surface area (Å²) in [5.74, 6) is 0.538. The van der Waals surface area contributed by atoms with E-state index in [1.54, 1.807) is 0 Å². The maximum atomic E-state index is 5.86. The minimum absolute atomic E-state index is 0.0800. The fourth-order valence-corrected chi connectivity index (χ4v) is 7.42. The average molecular weight is 638 g/mol. The van der Waals surface area contributed by atoms with Gasteiger partial charge in [-0.2, -0.15) is 0 Å². The monoisotopic (exact) mass is 637 g/mol. The fraction of sp³-hybridized carbons (Fsp3) is 0.382. The molecule has 0 aromatic heterocycles. The van der Waals surface area contributed by atoms with E-state index in [4.69, 9.17) is 19.4 Å². The molecule has 1 heterocycles. The SMILES string of the molecule is CC(C)[CH-]c1ccccc1[CH]=[Ru]([Cl])[Cl].CCc1cccc(CC)c1N1[CH-]C(C)(c2ccccc2)CC1(C)C. The van der Waals surface area contributed by atoms with Gasteiger partial charge >= 0.3 is 99.1 Å². The van der Waals surface area contributed by atoms with Crippen LogP contribution in [0, 0.1) is 18.9 Å². The number of aryl methyl sites for hydroxylation is 2. The molecule has 4 rings (SSSR count). The first kappa shape index (κ1) is 30.9. The smallest absolute Gasteiger partial charge is 0.0140 e. The Balaban J connectivity index is 0.000000244. The third-order valence-electron chi connectivity index (χ3n) is 7.20. The van der Waals surface area contributed by atoms with Crippen molar-refractivity contribution < 1.29 is 13.5 Å². The van der Waals surface area contributed by atoms with E-state index < -0.39 is 13.5 Å². The van der Waals surface area contributed by atoms with Gasteiger partial charge in [0.05, 0.1) is 0 Å². The summed E-state index contributed by atoms with van der Waals surface area (Å²) in [6.45, 7) is 18.5. The second-order valence-electron chi connectivity index (χ2n) is 11.3. The molecule has 1 saturated heterocycles. The molecule has 1 fully saturated rings. The second-order valence-corrected chi connectivity index (χ2v) is 17.0. The van der Waals surface area contributed by atoms with E-state index in [9.17, 15) is 0 Å². The van der Waals surface area contributed by atoms with Crippen molar-refractivity contribution in [3.05, 3.63) is 114 Å². The maximum Gasteiger partial charge on any atom is 0.0140 e. The quantitative estimate of drug-likeness (QED) is 0.184. The van der Waals surface area contributed by atoms with Crippen molar-refractivity contribution in [3.63, 3.8) is 0 Å². The maximum absolute atomic E-state index is 5.86. The summed E-state index contributed by atoms with van der Waals surface area (Å²) in [5, 5.41) is 0. The third-order valence-corrected chi connectivity index (χ3v) is 9.03. The molecule has 0 aliphatic carbocycles. The van der Waals surface area contributed by atoms with Gasteiger partial charge in [-0.05, 0) is 44.2 Å². The first-order valence-corrected chi connectivity index (χ1v) is 19.1. The molecule has 3 aromatic carbocycles. The van der Waals surface area contributed by atoms with Crippen LogP contribution in [0.25, 0.3) is 0 Å². The first-order valence-electron chi connectivity index (χ1n) is 13.6. The predicted molar refractivity (Wildman–Crippen MR) is 166 cm³/mol. The zero-order chi connectivity index (χ0) is 27.9. The summed E-state index contributed by atoms with van der Waals surface area (Å²) in [5.41, 5.74) is 8.33. The van der Waals surface area contributed by atoms with Crippen LogP contribution in [0.4, 0.5) is 5.69 Å². The Morgan fingerprint density at radius 3 is 2.03 bits per heavy atom. The Labute approximate surface area is 245 Å². The van der Waals surface area contributed by atoms with Gasteiger partial charge in [0, 0.05) is 11.2 Å². The number of hydrogen-bond donors (Lipinski definition) is 0. The first-order chi connectivity index (χ1) is 18.0. The fourth-order valence-electron chi connectivity index (χ4n) is 5.57. The van der Waals surface area contributed by atoms with Gasteiger partial charge in [-0.15, -0.1) is 5.41 Å². The second kappa shape index (κ2) is 13.7. The van der Waals surface area contributed by atoms with E-state index >= 15 is 0 Å². The molecule has 0 saturated carbocycles. The van der Waals surface area contributed by atoms with Gasteiger partial charge in [-0.1, -0.05) is 74.9 Å². The normalized spacial score (nSPS) is 18.6. The minimum Gasteiger partial charge on any atom is -0.517 e. The molecule has 1 aliphatic rings. The van der Waals surface area contributed by atoms with E-state index in [1.807, 2.05) is 16.7 Å². The number of halogens is 2. The summed E-state index contributed by atoms with van der Waals surface area (Å²) >= 11 is -1.71. The largest absolute Gasteiger partial charge is 0.517 e. The van der Waals surface area contributed by atoms with Gasteiger partial charge in [0.15, 0.2) is 0 Å². The predicted octanol–water partition coefficient (Wildman–Crippen LogP) is 9.89. The van der Waals surface area contributed by atoms with Crippen LogP contribution >= 0.6 is 19.4 Å². The number of para-hydroxylation sites is 1. The minimum atomic E-state index is -1.71. The number of hydrogen-bond acceptors (Lipinski definition) is 1. The van der Waals surface area contributed by atoms with Gasteiger partial charge in [0.1, 0.15) is 0 Å². The van der Waals surface area contributed by atoms with E-state index in [-0.39, 0.29) is 11.0 Å². The van der Waals surface area contributed by atoms with E-state index in [2.05, 4.69) is 127 Å². The van der Waals surface area contributed by atoms with Crippen LogP contribution in [0.15, 0.2) is 72.8 Å². The molecule has 3 aromatic rings. The Morgan fingerprint density at radius 1 is 0.895 bits per heavy atom. The van der Waals surface area contributed by atoms with Crippen molar-refractivity contribution in [2.45, 2.75) is 78.7 Å². The average Bonchev–Trinajstić information content (AvgIpc) is 3.14. The molecule has 0 spiro atoms. The summed E-state index contributed by atoms with van der Waals surface area (Å²) in [6, 6.07) is 25.9. The Kier molecular flexibility index (Phi) is 11.1. The van der Waals surface area contributed by atoms with Crippen molar-refractivity contribution in [2.24, 2.45) is 5.92 Å². The summed E-state index contributed by atoms with van der Waals surface area (Å²) in [6.07, 6.45) is 5.50. The number of anilines is 1. The molecule has 0 radical (unpaired) electrons. The van der Waals surface area contributed by atoms with Crippen molar-refractivity contribution in [2.75, 3.05) is 4.90 Å². The molecular formula is C34H43Cl2NRu-2. The van der Waals surface area contributed by atoms with Gasteiger partial charge in [-0.3, -0.25) is 0 Å². The summed E-state index contributed by atoms with van der Waals surface area (Å²) in [4.78, 5) is 2.57. The molecule has 0 bridgehead atoms. The van der Waals surface area contributed by atoms with Crippen LogP contribution in [0.2, 0.25) is 0 Å². The van der Waals surface area contributed by atoms with Crippen LogP contribution in [0.1, 0.15) is 82.7 Å². The van der Waals surface area contributed by atoms with Gasteiger partial charge in [0.2, 0.25) is 0 Å². The zero-order valence-electron chi connectivity index (χ0n) is 23.9. The third kappa shape index (κ3) is 7.74. The Morgan fingerprint density at radius 2 is 1.47 bits per heavy atom. The Bertz CT molecular complexity index is 1190. The molecule has 1 nitrogen and oxygen atoms in total. The number of benzene rings is 3. The van der Waals surface area contributed by atoms with Crippen molar-refractivity contribution >= 4 is 29.7 Å². The molecular weight excluding hydrogens is 594 g/mol. The number of rotatable bonds is 7. The molecule has 4 heteroatoms. The van der Waals surface area contributed by atoms with E-state index in [1.165, 1.54) is 27.9 Å². The molecule has 0 amide bonds. The van der Waals surface area contributed by atoms with Crippen LogP contribution in [0.3, 0.4) is 0 Å². The van der Waals surface area contributed by atoms with Crippen molar-refractivity contribution in [1.29, 1.82) is 0 Å². The van der Waals surface area contributed by atoms with Crippen LogP contribution in [0.5, 0.6) is 0 Å². The standard InChI is InChI=1S/C23H30N.C11H13.2ClH.Ru/c1-6-18-12-11-13-19(7-2)21(18)24-17-23(5,16-22(24,3)4)20-14-9-8-10-15-20;1-9(2)8-11-7-5-4-6-10(11)3;;;/h8-15,17H,6-7,16H2,1-5H3;3-9H,1-2H3;2*1H;/q2*-1;;;+2/p-2. The molecule has 208 valence electrons. The van der Waals surface area contributed by atoms with Gasteiger partial charge < -0.3 is 4.90 Å². The summed E-state index contributed by atoms with van der Waals surface area (Å²) in [7, 11) is 11.7. The summed E-state index contributed by atoms with van der Waals surface area (Å²) < 4.78 is 1.99. The van der Waals surface area contributed by atoms with Crippen LogP contribution in [-0.2, 0) is 31.8 Å². The van der Waals surface area contributed by atoms with Crippen molar-refractivity contribution in [3.8, 4) is 0 Å². The van der Waals surface area contributed by atoms with Crippen LogP contribution < -0.4 is 4.90 Å². The van der Waals surface area contributed by atoms with Crippen LogP contribution in [-0.4, -0.2) is 10.1 Å². The van der Waals surface area contributed by atoms with Gasteiger partial charge in [-0.25, -0.2) is 6.54 Å². The molecule has 0 N–H and O–H groups in total. The molecule has 1 unspecified atom stereocenters. The topological polar surface area (TPSA) is 3.24 Å². The van der Waals surface area contributed by atoms with E-state index in [0.717, 1.165) is 24.8 Å². The van der Waals surface area contributed by atoms with E-state index in [0.29, 0.717) is 5.92 Å². The van der Waals surface area contributed by atoms with Gasteiger partial charge in [0.25, 0.3) is 0 Å². The molecule has 1 aliphatic heterocycles. The molecule has 38 heavy (non-hydrogen) atoms. The van der Waals surface area contributed by atoms with Crippen molar-refractivity contribution in [1.82, 2.24) is 0 Å². The molecule has 1 atom stereocenters. The Hall–Kier alpha value is -1.60. The number of nitrogens with zero attached hydrogens (tertiary/aromatic N) is 1.